The molecule has 1 aromatic carbocycles. The second kappa shape index (κ2) is 6.20. The summed E-state index contributed by atoms with van der Waals surface area (Å²) in [7, 11) is 1.87. The fourth-order valence-electron chi connectivity index (χ4n) is 2.82. The monoisotopic (exact) mass is 338 g/mol. The first-order chi connectivity index (χ1) is 11.7. The zero-order chi connectivity index (χ0) is 16.5. The molecule has 24 heavy (non-hydrogen) atoms. The lowest BCUT2D eigenvalue weighted by Gasteiger charge is -2.18. The maximum absolute atomic E-state index is 12.6. The number of aryl methyl sites for hydroxylation is 1. The molecule has 3 aromatic rings. The summed E-state index contributed by atoms with van der Waals surface area (Å²) in [5, 5.41) is 9.94. The average molecular weight is 338 g/mol. The summed E-state index contributed by atoms with van der Waals surface area (Å²) in [6, 6.07) is 10.2. The molecule has 1 aliphatic rings. The predicted octanol–water partition coefficient (Wildman–Crippen LogP) is 3.42. The van der Waals surface area contributed by atoms with Gasteiger partial charge in [0.2, 0.25) is 0 Å². The molecular formula is C18H18N4OS. The lowest BCUT2D eigenvalue weighted by atomic mass is 10.0. The number of aromatic nitrogens is 3. The van der Waals surface area contributed by atoms with Gasteiger partial charge in [-0.3, -0.25) is 9.48 Å². The first-order valence-corrected chi connectivity index (χ1v) is 8.89. The Kier molecular flexibility index (Phi) is 3.90. The van der Waals surface area contributed by atoms with Gasteiger partial charge in [0.25, 0.3) is 5.91 Å². The van der Waals surface area contributed by atoms with Gasteiger partial charge in [-0.1, -0.05) is 30.3 Å². The molecule has 5 nitrogen and oxygen atoms in total. The maximum Gasteiger partial charge on any atom is 0.271 e. The van der Waals surface area contributed by atoms with Crippen molar-refractivity contribution in [2.75, 3.05) is 0 Å². The number of carbonyl (C=O) groups excluding carboxylic acids is 1. The Bertz CT molecular complexity index is 851. The molecule has 2 aromatic heterocycles. The van der Waals surface area contributed by atoms with Crippen LogP contribution in [0.4, 0.5) is 0 Å². The minimum Gasteiger partial charge on any atom is -0.344 e. The summed E-state index contributed by atoms with van der Waals surface area (Å²) >= 11 is 1.47. The van der Waals surface area contributed by atoms with Crippen LogP contribution in [0.15, 0.2) is 48.1 Å². The summed E-state index contributed by atoms with van der Waals surface area (Å²) in [6.45, 7) is 0. The standard InChI is InChI=1S/C18H18N4OS/c1-22-10-14(9-19-22)18-20-15(11-24-18)17(23)21-16(13-7-8-13)12-5-3-2-4-6-12/h2-6,9-11,13,16H,7-8H2,1H3,(H,21,23)/t16-/m0/s1. The predicted molar refractivity (Wildman–Crippen MR) is 93.7 cm³/mol. The first-order valence-electron chi connectivity index (χ1n) is 8.01. The third-order valence-electron chi connectivity index (χ3n) is 4.23. The lowest BCUT2D eigenvalue weighted by molar-refractivity contribution is 0.0927. The van der Waals surface area contributed by atoms with Crippen LogP contribution in [0.3, 0.4) is 0 Å². The van der Waals surface area contributed by atoms with Gasteiger partial charge in [0, 0.05) is 24.2 Å². The molecule has 1 N–H and O–H groups in total. The molecule has 0 bridgehead atoms. The van der Waals surface area contributed by atoms with Crippen molar-refractivity contribution in [1.82, 2.24) is 20.1 Å². The Labute approximate surface area is 144 Å². The van der Waals surface area contributed by atoms with Crippen LogP contribution in [0.25, 0.3) is 10.6 Å². The minimum absolute atomic E-state index is 0.0715. The third kappa shape index (κ3) is 3.10. The number of thiazole rings is 1. The zero-order valence-corrected chi connectivity index (χ0v) is 14.2. The van der Waals surface area contributed by atoms with Crippen LogP contribution in [0.2, 0.25) is 0 Å². The fraction of sp³-hybridized carbons (Fsp3) is 0.278. The molecule has 4 rings (SSSR count). The molecule has 2 heterocycles. The van der Waals surface area contributed by atoms with Crippen LogP contribution < -0.4 is 5.32 Å². The number of hydrogen-bond donors (Lipinski definition) is 1. The van der Waals surface area contributed by atoms with E-state index in [4.69, 9.17) is 0 Å². The SMILES string of the molecule is Cn1cc(-c2nc(C(=O)N[C@@H](c3ccccc3)C3CC3)cs2)cn1. The number of hydrogen-bond acceptors (Lipinski definition) is 4. The van der Waals surface area contributed by atoms with E-state index >= 15 is 0 Å². The summed E-state index contributed by atoms with van der Waals surface area (Å²) in [5.74, 6) is 0.426. The Balaban J connectivity index is 1.52. The number of nitrogens with one attached hydrogen (secondary N) is 1. The van der Waals surface area contributed by atoms with E-state index in [1.54, 1.807) is 10.9 Å². The van der Waals surface area contributed by atoms with E-state index < -0.39 is 0 Å². The molecule has 1 fully saturated rings. The van der Waals surface area contributed by atoms with Gasteiger partial charge in [-0.05, 0) is 24.3 Å². The van der Waals surface area contributed by atoms with Crippen molar-refractivity contribution >= 4 is 17.2 Å². The highest BCUT2D eigenvalue weighted by Gasteiger charge is 2.33. The van der Waals surface area contributed by atoms with Gasteiger partial charge < -0.3 is 5.32 Å². The maximum atomic E-state index is 12.6. The Morgan fingerprint density at radius 1 is 1.33 bits per heavy atom. The molecule has 122 valence electrons. The normalized spacial score (nSPS) is 15.2. The van der Waals surface area contributed by atoms with Crippen LogP contribution in [0.5, 0.6) is 0 Å². The molecule has 1 atom stereocenters. The average Bonchev–Trinajstić information content (AvgIpc) is 3.14. The van der Waals surface area contributed by atoms with E-state index in [1.165, 1.54) is 11.3 Å². The van der Waals surface area contributed by atoms with Crippen molar-refractivity contribution < 1.29 is 4.79 Å². The largest absolute Gasteiger partial charge is 0.344 e. The highest BCUT2D eigenvalue weighted by Crippen LogP contribution is 2.41. The molecular weight excluding hydrogens is 320 g/mol. The van der Waals surface area contributed by atoms with Crippen LogP contribution in [0, 0.1) is 5.92 Å². The summed E-state index contributed by atoms with van der Waals surface area (Å²) < 4.78 is 1.73. The molecule has 1 aliphatic carbocycles. The summed E-state index contributed by atoms with van der Waals surface area (Å²) in [5.41, 5.74) is 2.57. The third-order valence-corrected chi connectivity index (χ3v) is 5.12. The van der Waals surface area contributed by atoms with E-state index in [-0.39, 0.29) is 11.9 Å². The quantitative estimate of drug-likeness (QED) is 0.775. The van der Waals surface area contributed by atoms with Gasteiger partial charge in [-0.25, -0.2) is 4.98 Å². The molecule has 0 unspecified atom stereocenters. The molecule has 1 saturated carbocycles. The van der Waals surface area contributed by atoms with Crippen molar-refractivity contribution in [3.05, 3.63) is 59.4 Å². The second-order valence-corrected chi connectivity index (χ2v) is 7.00. The first kappa shape index (κ1) is 15.1. The minimum atomic E-state index is -0.109. The number of benzene rings is 1. The van der Waals surface area contributed by atoms with Crippen molar-refractivity contribution in [2.24, 2.45) is 13.0 Å². The molecule has 0 spiro atoms. The van der Waals surface area contributed by atoms with E-state index in [1.807, 2.05) is 36.8 Å². The van der Waals surface area contributed by atoms with Crippen LogP contribution in [-0.2, 0) is 7.05 Å². The fourth-order valence-corrected chi connectivity index (χ4v) is 3.60. The van der Waals surface area contributed by atoms with Gasteiger partial charge in [-0.2, -0.15) is 5.10 Å². The van der Waals surface area contributed by atoms with E-state index in [2.05, 4.69) is 27.5 Å². The highest BCUT2D eigenvalue weighted by molar-refractivity contribution is 7.13. The van der Waals surface area contributed by atoms with Crippen molar-refractivity contribution in [1.29, 1.82) is 0 Å². The van der Waals surface area contributed by atoms with Gasteiger partial charge in [0.15, 0.2) is 0 Å². The Morgan fingerprint density at radius 2 is 2.12 bits per heavy atom. The molecule has 0 radical (unpaired) electrons. The van der Waals surface area contributed by atoms with Gasteiger partial charge >= 0.3 is 0 Å². The van der Waals surface area contributed by atoms with E-state index in [0.717, 1.165) is 29.0 Å². The van der Waals surface area contributed by atoms with Crippen LogP contribution in [0.1, 0.15) is 34.9 Å². The topological polar surface area (TPSA) is 59.8 Å². The number of carbonyl (C=O) groups is 1. The summed E-state index contributed by atoms with van der Waals surface area (Å²) in [4.78, 5) is 17.1. The van der Waals surface area contributed by atoms with Crippen LogP contribution >= 0.6 is 11.3 Å². The van der Waals surface area contributed by atoms with E-state index in [9.17, 15) is 4.79 Å². The van der Waals surface area contributed by atoms with Crippen molar-refractivity contribution in [3.63, 3.8) is 0 Å². The van der Waals surface area contributed by atoms with Crippen LogP contribution in [-0.4, -0.2) is 20.7 Å². The Hall–Kier alpha value is -2.47. The highest BCUT2D eigenvalue weighted by atomic mass is 32.1. The number of nitrogens with zero attached hydrogens (tertiary/aromatic N) is 3. The van der Waals surface area contributed by atoms with E-state index in [0.29, 0.717) is 11.6 Å². The lowest BCUT2D eigenvalue weighted by Crippen LogP contribution is -2.30. The molecule has 0 aliphatic heterocycles. The Morgan fingerprint density at radius 3 is 2.79 bits per heavy atom. The van der Waals surface area contributed by atoms with Crippen molar-refractivity contribution in [3.8, 4) is 10.6 Å². The smallest absolute Gasteiger partial charge is 0.271 e. The number of amides is 1. The molecule has 0 saturated heterocycles. The van der Waals surface area contributed by atoms with Gasteiger partial charge in [0.05, 0.1) is 12.2 Å². The van der Waals surface area contributed by atoms with Gasteiger partial charge in [0.1, 0.15) is 10.7 Å². The molecule has 6 heteroatoms. The number of rotatable bonds is 5. The van der Waals surface area contributed by atoms with Crippen molar-refractivity contribution in [2.45, 2.75) is 18.9 Å². The summed E-state index contributed by atoms with van der Waals surface area (Å²) in [6.07, 6.45) is 5.99. The second-order valence-electron chi connectivity index (χ2n) is 6.14. The van der Waals surface area contributed by atoms with Gasteiger partial charge in [-0.15, -0.1) is 11.3 Å². The zero-order valence-electron chi connectivity index (χ0n) is 13.3. The molecule has 1 amide bonds.